The number of β-amino-alcohol motifs (C(OH)–C–C–N with tert-alkyl or cyclic N) is 1. The van der Waals surface area contributed by atoms with Crippen molar-refractivity contribution >= 4 is 11.6 Å². The summed E-state index contributed by atoms with van der Waals surface area (Å²) in [5.74, 6) is 2.08. The zero-order valence-electron chi connectivity index (χ0n) is 14.5. The first kappa shape index (κ1) is 17.6. The fourth-order valence-electron chi connectivity index (χ4n) is 4.24. The maximum atomic E-state index is 10.4. The van der Waals surface area contributed by atoms with Crippen LogP contribution >= 0.6 is 11.6 Å². The summed E-state index contributed by atoms with van der Waals surface area (Å²) in [5.41, 5.74) is 0.597. The predicted octanol–water partition coefficient (Wildman–Crippen LogP) is 3.26. The molecule has 4 rings (SSSR count). The summed E-state index contributed by atoms with van der Waals surface area (Å²) in [6.07, 6.45) is 3.01. The Balaban J connectivity index is 1.29. The van der Waals surface area contributed by atoms with Gasteiger partial charge in [-0.25, -0.2) is 0 Å². The van der Waals surface area contributed by atoms with Gasteiger partial charge in [0.05, 0.1) is 23.0 Å². The number of fused-ring (bicyclic) bond motifs is 1. The highest BCUT2D eigenvalue weighted by molar-refractivity contribution is 6.32. The van der Waals surface area contributed by atoms with Gasteiger partial charge in [-0.3, -0.25) is 9.88 Å². The van der Waals surface area contributed by atoms with Gasteiger partial charge in [0.2, 0.25) is 0 Å². The van der Waals surface area contributed by atoms with Crippen LogP contribution in [0.1, 0.15) is 24.6 Å². The Morgan fingerprint density at radius 1 is 1.15 bits per heavy atom. The van der Waals surface area contributed by atoms with E-state index in [0.29, 0.717) is 29.1 Å². The maximum absolute atomic E-state index is 10.4. The minimum Gasteiger partial charge on any atom is -0.506 e. The van der Waals surface area contributed by atoms with Gasteiger partial charge in [-0.1, -0.05) is 23.7 Å². The number of hydrogen-bond acceptors (Lipinski definition) is 5. The molecule has 1 saturated carbocycles. The Labute approximate surface area is 158 Å². The van der Waals surface area contributed by atoms with E-state index in [9.17, 15) is 10.2 Å². The van der Waals surface area contributed by atoms with Gasteiger partial charge in [0.1, 0.15) is 17.6 Å². The topological polar surface area (TPSA) is 65.8 Å². The highest BCUT2D eigenvalue weighted by atomic mass is 35.5. The number of aliphatic hydroxyl groups excluding tert-OH is 1. The van der Waals surface area contributed by atoms with Gasteiger partial charge in [-0.15, -0.1) is 0 Å². The van der Waals surface area contributed by atoms with E-state index in [4.69, 9.17) is 16.3 Å². The lowest BCUT2D eigenvalue weighted by atomic mass is 10.0. The molecular formula is C20H23ClN2O3. The molecular weight excluding hydrogens is 352 g/mol. The summed E-state index contributed by atoms with van der Waals surface area (Å²) in [6.45, 7) is 2.52. The molecule has 2 aliphatic rings. The molecule has 5 nitrogen and oxygen atoms in total. The summed E-state index contributed by atoms with van der Waals surface area (Å²) < 4.78 is 6.11. The van der Waals surface area contributed by atoms with E-state index in [1.54, 1.807) is 12.1 Å². The monoisotopic (exact) mass is 374 g/mol. The van der Waals surface area contributed by atoms with Crippen LogP contribution in [0.4, 0.5) is 0 Å². The SMILES string of the molecule is Oc1ccc(C(O)CN2C[C@H]3CC(Oc4ccccc4Cl)C[C@H]3C2)nc1. The van der Waals surface area contributed by atoms with Crippen LogP contribution < -0.4 is 4.74 Å². The minimum atomic E-state index is -0.635. The average molecular weight is 375 g/mol. The zero-order valence-corrected chi connectivity index (χ0v) is 15.2. The highest BCUT2D eigenvalue weighted by Gasteiger charge is 2.42. The van der Waals surface area contributed by atoms with E-state index >= 15 is 0 Å². The van der Waals surface area contributed by atoms with Crippen LogP contribution in [0, 0.1) is 11.8 Å². The normalized spacial score (nSPS) is 26.6. The van der Waals surface area contributed by atoms with Gasteiger partial charge < -0.3 is 14.9 Å². The van der Waals surface area contributed by atoms with Gasteiger partial charge in [-0.2, -0.15) is 0 Å². The summed E-state index contributed by atoms with van der Waals surface area (Å²) >= 11 is 6.19. The third-order valence-electron chi connectivity index (χ3n) is 5.46. The minimum absolute atomic E-state index is 0.112. The summed E-state index contributed by atoms with van der Waals surface area (Å²) in [5, 5.41) is 20.4. The van der Waals surface area contributed by atoms with Crippen LogP contribution in [0.2, 0.25) is 5.02 Å². The molecule has 1 aliphatic heterocycles. The molecule has 138 valence electrons. The molecule has 2 aromatic rings. The van der Waals surface area contributed by atoms with Crippen molar-refractivity contribution in [1.82, 2.24) is 9.88 Å². The molecule has 2 N–H and O–H groups in total. The maximum Gasteiger partial charge on any atom is 0.138 e. The number of aromatic nitrogens is 1. The van der Waals surface area contributed by atoms with Gasteiger partial charge in [0.25, 0.3) is 0 Å². The second-order valence-corrected chi connectivity index (χ2v) is 7.74. The van der Waals surface area contributed by atoms with Crippen molar-refractivity contribution in [3.63, 3.8) is 0 Å². The molecule has 2 unspecified atom stereocenters. The molecule has 2 heterocycles. The van der Waals surface area contributed by atoms with Crippen molar-refractivity contribution in [2.45, 2.75) is 25.0 Å². The van der Waals surface area contributed by atoms with E-state index < -0.39 is 6.10 Å². The molecule has 1 aliphatic carbocycles. The van der Waals surface area contributed by atoms with Gasteiger partial charge in [0, 0.05) is 19.6 Å². The highest BCUT2D eigenvalue weighted by Crippen LogP contribution is 2.41. The van der Waals surface area contributed by atoms with Gasteiger partial charge in [0.15, 0.2) is 0 Å². The zero-order chi connectivity index (χ0) is 18.1. The first-order valence-corrected chi connectivity index (χ1v) is 9.43. The number of aliphatic hydroxyl groups is 1. The number of hydrogen-bond donors (Lipinski definition) is 2. The summed E-state index contributed by atoms with van der Waals surface area (Å²) in [6, 6.07) is 10.9. The molecule has 1 saturated heterocycles. The molecule has 26 heavy (non-hydrogen) atoms. The van der Waals surface area contributed by atoms with Gasteiger partial charge in [-0.05, 0) is 48.9 Å². The Morgan fingerprint density at radius 3 is 2.54 bits per heavy atom. The Morgan fingerprint density at radius 2 is 1.88 bits per heavy atom. The third kappa shape index (κ3) is 3.80. The van der Waals surface area contributed by atoms with Crippen LogP contribution in [0.15, 0.2) is 42.6 Å². The molecule has 0 amide bonds. The largest absolute Gasteiger partial charge is 0.506 e. The second kappa shape index (κ2) is 7.43. The van der Waals surface area contributed by atoms with Crippen molar-refractivity contribution in [1.29, 1.82) is 0 Å². The number of nitrogens with zero attached hydrogens (tertiary/aromatic N) is 2. The standard InChI is InChI=1S/C20H23ClN2O3/c21-17-3-1-2-4-20(17)26-16-7-13-10-23(11-14(13)8-16)12-19(25)18-6-5-15(24)9-22-18/h1-6,9,13-14,16,19,24-25H,7-8,10-12H2/t13-,14+,16?,19?. The Hall–Kier alpha value is -1.82. The van der Waals surface area contributed by atoms with Crippen LogP contribution in [0.5, 0.6) is 11.5 Å². The number of benzene rings is 1. The van der Waals surface area contributed by atoms with E-state index in [-0.39, 0.29) is 11.9 Å². The Kier molecular flexibility index (Phi) is 5.02. The molecule has 0 radical (unpaired) electrons. The van der Waals surface area contributed by atoms with E-state index in [0.717, 1.165) is 31.7 Å². The lowest BCUT2D eigenvalue weighted by Crippen LogP contribution is -2.29. The summed E-state index contributed by atoms with van der Waals surface area (Å²) in [7, 11) is 0. The van der Waals surface area contributed by atoms with Gasteiger partial charge >= 0.3 is 0 Å². The molecule has 0 spiro atoms. The fraction of sp³-hybridized carbons (Fsp3) is 0.450. The van der Waals surface area contributed by atoms with Crippen LogP contribution in [0.3, 0.4) is 0 Å². The average Bonchev–Trinajstić information content (AvgIpc) is 3.15. The fourth-order valence-corrected chi connectivity index (χ4v) is 4.42. The molecule has 1 aromatic carbocycles. The first-order valence-electron chi connectivity index (χ1n) is 9.05. The summed E-state index contributed by atoms with van der Waals surface area (Å²) in [4.78, 5) is 6.41. The van der Waals surface area contributed by atoms with E-state index in [2.05, 4.69) is 9.88 Å². The smallest absolute Gasteiger partial charge is 0.138 e. The third-order valence-corrected chi connectivity index (χ3v) is 5.77. The molecule has 0 bridgehead atoms. The lowest BCUT2D eigenvalue weighted by molar-refractivity contribution is 0.113. The van der Waals surface area contributed by atoms with Crippen molar-refractivity contribution < 1.29 is 14.9 Å². The number of likely N-dealkylation sites (tertiary alicyclic amines) is 1. The molecule has 2 fully saturated rings. The molecule has 1 aromatic heterocycles. The quantitative estimate of drug-likeness (QED) is 0.840. The predicted molar refractivity (Wildman–Crippen MR) is 99.4 cm³/mol. The number of halogens is 1. The number of rotatable bonds is 5. The van der Waals surface area contributed by atoms with Crippen molar-refractivity contribution in [3.8, 4) is 11.5 Å². The number of ether oxygens (including phenoxy) is 1. The first-order chi connectivity index (χ1) is 12.6. The Bertz CT molecular complexity index is 741. The van der Waals surface area contributed by atoms with Crippen LogP contribution in [-0.2, 0) is 0 Å². The molecule has 4 atom stereocenters. The number of aromatic hydroxyl groups is 1. The second-order valence-electron chi connectivity index (χ2n) is 7.34. The van der Waals surface area contributed by atoms with E-state index in [1.807, 2.05) is 24.3 Å². The van der Waals surface area contributed by atoms with Crippen molar-refractivity contribution in [3.05, 3.63) is 53.3 Å². The lowest BCUT2D eigenvalue weighted by Gasteiger charge is -2.22. The van der Waals surface area contributed by atoms with Crippen molar-refractivity contribution in [2.75, 3.05) is 19.6 Å². The van der Waals surface area contributed by atoms with Crippen LogP contribution in [-0.4, -0.2) is 45.8 Å². The molecule has 6 heteroatoms. The number of para-hydroxylation sites is 1. The van der Waals surface area contributed by atoms with E-state index in [1.165, 1.54) is 6.20 Å². The van der Waals surface area contributed by atoms with Crippen LogP contribution in [0.25, 0.3) is 0 Å². The van der Waals surface area contributed by atoms with Crippen molar-refractivity contribution in [2.24, 2.45) is 11.8 Å². The number of pyridine rings is 1.